The highest BCUT2D eigenvalue weighted by Crippen LogP contribution is 2.26. The van der Waals surface area contributed by atoms with Gasteiger partial charge in [-0.15, -0.1) is 0 Å². The van der Waals surface area contributed by atoms with Crippen LogP contribution in [0, 0.1) is 31.9 Å². The van der Waals surface area contributed by atoms with E-state index in [1.165, 1.54) is 51.0 Å². The lowest BCUT2D eigenvalue weighted by Gasteiger charge is -2.41. The Bertz CT molecular complexity index is 1810. The smallest absolute Gasteiger partial charge is 0.279 e. The summed E-state index contributed by atoms with van der Waals surface area (Å²) in [5.74, 6) is -2.88. The molecule has 8 atom stereocenters. The van der Waals surface area contributed by atoms with Crippen LogP contribution in [0.2, 0.25) is 0 Å². The van der Waals surface area contributed by atoms with Crippen LogP contribution in [-0.2, 0) is 31.9 Å². The lowest BCUT2D eigenvalue weighted by molar-refractivity contribution is -0.394. The van der Waals surface area contributed by atoms with Crippen molar-refractivity contribution in [3.63, 3.8) is 0 Å². The van der Waals surface area contributed by atoms with E-state index in [4.69, 9.17) is 9.47 Å². The van der Waals surface area contributed by atoms with Gasteiger partial charge in [0.1, 0.15) is 30.5 Å². The molecule has 2 aromatic carbocycles. The minimum Gasteiger partial charge on any atom is -0.390 e. The summed E-state index contributed by atoms with van der Waals surface area (Å²) in [6, 6.07) is 5.64. The number of aliphatic hydroxyl groups is 5. The number of rotatable bonds is 36. The molecule has 1 heterocycles. The number of nitrogens with one attached hydrogen (secondary N) is 2. The molecule has 68 heavy (non-hydrogen) atoms. The first-order valence-electron chi connectivity index (χ1n) is 24.7. The van der Waals surface area contributed by atoms with Gasteiger partial charge in [0, 0.05) is 24.6 Å². The number of halogens is 2. The average molecular weight is 967 g/mol. The minimum absolute atomic E-state index is 0.115. The Kier molecular flexibility index (Phi) is 27.8. The van der Waals surface area contributed by atoms with E-state index in [2.05, 4.69) is 17.6 Å². The number of benzene rings is 2. The molecule has 1 aliphatic rings. The van der Waals surface area contributed by atoms with Crippen LogP contribution in [0.15, 0.2) is 36.4 Å². The fourth-order valence-electron chi connectivity index (χ4n) is 8.37. The summed E-state index contributed by atoms with van der Waals surface area (Å²) in [5, 5.41) is 82.4. The molecule has 1 saturated heterocycles. The third-order valence-electron chi connectivity index (χ3n) is 12.5. The molecule has 1 fully saturated rings. The summed E-state index contributed by atoms with van der Waals surface area (Å²) in [7, 11) is 0. The Morgan fingerprint density at radius 1 is 0.721 bits per heavy atom. The summed E-state index contributed by atoms with van der Waals surface area (Å²) in [6.07, 6.45) is 9.95. The van der Waals surface area contributed by atoms with Crippen LogP contribution in [0.3, 0.4) is 0 Å². The van der Waals surface area contributed by atoms with Crippen LogP contribution in [0.25, 0.3) is 0 Å². The molecule has 19 heteroatoms. The number of non-ortho nitro benzene ring substituents is 1. The second-order valence-electron chi connectivity index (χ2n) is 18.1. The number of nitro benzene ring substituents is 2. The van der Waals surface area contributed by atoms with Crippen molar-refractivity contribution in [1.29, 1.82) is 0 Å². The van der Waals surface area contributed by atoms with Crippen molar-refractivity contribution in [2.75, 3.05) is 13.2 Å². The van der Waals surface area contributed by atoms with Crippen molar-refractivity contribution in [2.45, 2.75) is 210 Å². The van der Waals surface area contributed by atoms with Gasteiger partial charge in [0.2, 0.25) is 11.8 Å². The maximum atomic E-state index is 13.5. The molecule has 17 nitrogen and oxygen atoms in total. The second-order valence-corrected chi connectivity index (χ2v) is 18.1. The van der Waals surface area contributed by atoms with Gasteiger partial charge in [-0.2, -0.15) is 0 Å². The first-order valence-corrected chi connectivity index (χ1v) is 24.7. The van der Waals surface area contributed by atoms with E-state index in [1.807, 2.05) is 0 Å². The topological polar surface area (TPSA) is 264 Å². The largest absolute Gasteiger partial charge is 0.390 e. The quantitative estimate of drug-likeness (QED) is 0.0201. The van der Waals surface area contributed by atoms with Gasteiger partial charge in [0.15, 0.2) is 17.9 Å². The highest BCUT2D eigenvalue weighted by molar-refractivity contribution is 5.80. The Labute approximate surface area is 398 Å². The van der Waals surface area contributed by atoms with Gasteiger partial charge in [-0.1, -0.05) is 129 Å². The molecule has 0 radical (unpaired) electrons. The average Bonchev–Trinajstić information content (AvgIpc) is 3.31. The third-order valence-corrected chi connectivity index (χ3v) is 12.5. The molecule has 0 aromatic heterocycles. The van der Waals surface area contributed by atoms with E-state index in [-0.39, 0.29) is 18.4 Å². The molecule has 0 bridgehead atoms. The second kappa shape index (κ2) is 32.5. The normalized spacial score (nSPS) is 19.6. The van der Waals surface area contributed by atoms with Gasteiger partial charge >= 0.3 is 0 Å². The van der Waals surface area contributed by atoms with Gasteiger partial charge in [-0.05, 0) is 49.4 Å². The van der Waals surface area contributed by atoms with Crippen molar-refractivity contribution in [3.05, 3.63) is 79.4 Å². The molecule has 0 saturated carbocycles. The van der Waals surface area contributed by atoms with Crippen LogP contribution in [0.1, 0.15) is 159 Å². The Hall–Kier alpha value is -4.24. The number of aryl methyl sites for hydroxylation is 1. The number of hydrogen-bond acceptors (Lipinski definition) is 13. The van der Waals surface area contributed by atoms with Crippen molar-refractivity contribution >= 4 is 23.2 Å². The Morgan fingerprint density at radius 2 is 1.31 bits per heavy atom. The van der Waals surface area contributed by atoms with Gasteiger partial charge in [0.25, 0.3) is 11.4 Å². The zero-order chi connectivity index (χ0) is 49.8. The predicted molar refractivity (Wildman–Crippen MR) is 250 cm³/mol. The molecule has 3 rings (SSSR count). The van der Waals surface area contributed by atoms with E-state index in [9.17, 15) is 64.1 Å². The molecule has 0 spiro atoms. The van der Waals surface area contributed by atoms with Crippen molar-refractivity contribution < 1.29 is 63.2 Å². The SMILES string of the molecule is CCCCCCCCCCCCCC[C@@H](O)[C@@H](O)[C@H](CO[C@H]1OC(CNC(=O)Cc2ccc([N+](=O)[O-])cc2[N+](=O)[O-])[C@H](O)[C@H](O)C1O)NC(=O)CCCCCCCCCCc1ccc(F)c(F)c1. The predicted octanol–water partition coefficient (Wildman–Crippen LogP) is 7.32. The van der Waals surface area contributed by atoms with E-state index in [0.717, 1.165) is 100 Å². The van der Waals surface area contributed by atoms with E-state index in [1.54, 1.807) is 6.07 Å². The van der Waals surface area contributed by atoms with E-state index < -0.39 is 113 Å². The lowest BCUT2D eigenvalue weighted by Crippen LogP contribution is -2.61. The fraction of sp³-hybridized carbons (Fsp3) is 0.714. The molecule has 384 valence electrons. The lowest BCUT2D eigenvalue weighted by atomic mass is 9.98. The number of hydrogen-bond donors (Lipinski definition) is 7. The first-order chi connectivity index (χ1) is 32.6. The highest BCUT2D eigenvalue weighted by Gasteiger charge is 2.45. The summed E-state index contributed by atoms with van der Waals surface area (Å²) in [4.78, 5) is 47.0. The maximum Gasteiger partial charge on any atom is 0.279 e. The van der Waals surface area contributed by atoms with Crippen LogP contribution >= 0.6 is 0 Å². The van der Waals surface area contributed by atoms with Gasteiger partial charge in [-0.25, -0.2) is 8.78 Å². The fourth-order valence-corrected chi connectivity index (χ4v) is 8.37. The van der Waals surface area contributed by atoms with Crippen molar-refractivity contribution in [2.24, 2.45) is 0 Å². The third kappa shape index (κ3) is 21.6. The number of carbonyl (C=O) groups excluding carboxylic acids is 2. The number of carbonyl (C=O) groups is 2. The monoisotopic (exact) mass is 967 g/mol. The number of nitro groups is 2. The van der Waals surface area contributed by atoms with Crippen LogP contribution < -0.4 is 10.6 Å². The summed E-state index contributed by atoms with van der Waals surface area (Å²) < 4.78 is 38.2. The zero-order valence-electron chi connectivity index (χ0n) is 39.6. The number of aliphatic hydroxyl groups excluding tert-OH is 5. The van der Waals surface area contributed by atoms with E-state index in [0.29, 0.717) is 19.3 Å². The molecule has 0 aliphatic carbocycles. The molecule has 1 aliphatic heterocycles. The summed E-state index contributed by atoms with van der Waals surface area (Å²) in [5.41, 5.74) is -0.521. The number of ether oxygens (including phenoxy) is 2. The molecule has 2 unspecified atom stereocenters. The first kappa shape index (κ1) is 58.1. The van der Waals surface area contributed by atoms with Crippen molar-refractivity contribution in [1.82, 2.24) is 10.6 Å². The maximum absolute atomic E-state index is 13.5. The Morgan fingerprint density at radius 3 is 1.90 bits per heavy atom. The van der Waals surface area contributed by atoms with Gasteiger partial charge in [0.05, 0.1) is 41.1 Å². The highest BCUT2D eigenvalue weighted by atomic mass is 19.2. The van der Waals surface area contributed by atoms with Crippen molar-refractivity contribution in [3.8, 4) is 0 Å². The number of unbranched alkanes of at least 4 members (excludes halogenated alkanes) is 18. The molecule has 7 N–H and O–H groups in total. The van der Waals surface area contributed by atoms with Crippen LogP contribution in [0.5, 0.6) is 0 Å². The Balaban J connectivity index is 1.51. The summed E-state index contributed by atoms with van der Waals surface area (Å²) >= 11 is 0. The molecule has 2 amide bonds. The molecule has 2 aromatic rings. The van der Waals surface area contributed by atoms with E-state index >= 15 is 0 Å². The van der Waals surface area contributed by atoms with Gasteiger partial charge < -0.3 is 45.6 Å². The molecular formula is C49H76F2N4O13. The number of nitrogens with zero attached hydrogens (tertiary/aromatic N) is 2. The van der Waals surface area contributed by atoms with Crippen LogP contribution in [0.4, 0.5) is 20.2 Å². The number of amides is 2. The van der Waals surface area contributed by atoms with Gasteiger partial charge in [-0.3, -0.25) is 29.8 Å². The zero-order valence-corrected chi connectivity index (χ0v) is 39.6. The standard InChI is InChI=1S/C49H76F2N4O13/c1-2-3-4-5-6-7-8-9-10-14-17-20-23-41(56)45(59)39(53-43(57)24-21-18-15-12-11-13-16-19-22-34-25-28-37(50)38(51)29-34)33-67-49-48(62)47(61)46(60)42(68-49)32-52-44(58)30-35-26-27-36(54(63)64)31-40(35)55(65)66/h25-29,31,39,41-42,45-49,56,59-62H,2-24,30,32-33H2,1H3,(H,52,58)(H,53,57)/t39-,41+,42?,45-,46-,47-,48?,49-/m0/s1. The van der Waals surface area contributed by atoms with Crippen LogP contribution in [-0.4, -0.2) is 109 Å². The summed E-state index contributed by atoms with van der Waals surface area (Å²) in [6.45, 7) is 1.27. The minimum atomic E-state index is -1.83. The molecular weight excluding hydrogens is 891 g/mol.